The molecule has 1 saturated heterocycles. The van der Waals surface area contributed by atoms with Gasteiger partial charge in [-0.05, 0) is 38.0 Å². The van der Waals surface area contributed by atoms with Crippen molar-refractivity contribution in [1.82, 2.24) is 4.90 Å². The fourth-order valence-corrected chi connectivity index (χ4v) is 3.26. The number of likely N-dealkylation sites (tertiary alicyclic amines) is 1. The summed E-state index contributed by atoms with van der Waals surface area (Å²) in [7, 11) is 0. The average molecular weight is 166 g/mol. The molecule has 68 valence electrons. The lowest BCUT2D eigenvalue weighted by molar-refractivity contribution is 0.136. The maximum Gasteiger partial charge on any atom is 0.0336 e. The number of hydrogen-bond donors (Lipinski definition) is 1. The fraction of sp³-hybridized carbons (Fsp3) is 1.00. The molecule has 2 unspecified atom stereocenters. The van der Waals surface area contributed by atoms with E-state index in [4.69, 9.17) is 5.73 Å². The number of fused-ring (bicyclic) bond motifs is 2. The van der Waals surface area contributed by atoms with Gasteiger partial charge in [0.25, 0.3) is 0 Å². The van der Waals surface area contributed by atoms with Crippen molar-refractivity contribution in [3.8, 4) is 0 Å². The van der Waals surface area contributed by atoms with E-state index in [1.165, 1.54) is 38.6 Å². The van der Waals surface area contributed by atoms with Crippen molar-refractivity contribution < 1.29 is 0 Å². The van der Waals surface area contributed by atoms with Gasteiger partial charge in [-0.2, -0.15) is 0 Å². The Kier molecular flexibility index (Phi) is 1.37. The largest absolute Gasteiger partial charge is 0.329 e. The highest BCUT2D eigenvalue weighted by Crippen LogP contribution is 2.50. The van der Waals surface area contributed by atoms with Gasteiger partial charge in [-0.15, -0.1) is 0 Å². The first-order valence-corrected chi connectivity index (χ1v) is 5.31. The van der Waals surface area contributed by atoms with Gasteiger partial charge in [0.15, 0.2) is 0 Å². The summed E-state index contributed by atoms with van der Waals surface area (Å²) in [4.78, 5) is 2.74. The van der Waals surface area contributed by atoms with Crippen LogP contribution < -0.4 is 5.73 Å². The number of piperidine rings is 1. The van der Waals surface area contributed by atoms with Gasteiger partial charge in [0.05, 0.1) is 0 Å². The topological polar surface area (TPSA) is 29.3 Å². The van der Waals surface area contributed by atoms with Crippen LogP contribution in [0.2, 0.25) is 0 Å². The molecule has 0 spiro atoms. The normalized spacial score (nSPS) is 43.8. The minimum absolute atomic E-state index is 0.486. The summed E-state index contributed by atoms with van der Waals surface area (Å²) in [5.74, 6) is 1.03. The highest BCUT2D eigenvalue weighted by Gasteiger charge is 2.53. The van der Waals surface area contributed by atoms with E-state index in [1.54, 1.807) is 0 Å². The molecule has 0 aromatic carbocycles. The minimum Gasteiger partial charge on any atom is -0.329 e. The van der Waals surface area contributed by atoms with Crippen molar-refractivity contribution in [2.75, 3.05) is 13.1 Å². The lowest BCUT2D eigenvalue weighted by atomic mass is 10.1. The third-order valence-electron chi connectivity index (χ3n) is 4.23. The van der Waals surface area contributed by atoms with Crippen LogP contribution in [-0.2, 0) is 0 Å². The first-order chi connectivity index (χ1) is 5.84. The zero-order chi connectivity index (χ0) is 8.18. The molecule has 3 fully saturated rings. The summed E-state index contributed by atoms with van der Waals surface area (Å²) in [5.41, 5.74) is 6.32. The first-order valence-electron chi connectivity index (χ1n) is 5.31. The first kappa shape index (κ1) is 7.34. The summed E-state index contributed by atoms with van der Waals surface area (Å²) in [5, 5.41) is 0. The molecule has 2 heteroatoms. The molecule has 1 heterocycles. The van der Waals surface area contributed by atoms with Crippen LogP contribution >= 0.6 is 0 Å². The molecule has 2 nitrogen and oxygen atoms in total. The van der Waals surface area contributed by atoms with E-state index in [-0.39, 0.29) is 0 Å². The molecule has 3 aliphatic rings. The molecule has 2 saturated carbocycles. The highest BCUT2D eigenvalue weighted by molar-refractivity contribution is 5.10. The quantitative estimate of drug-likeness (QED) is 0.662. The van der Waals surface area contributed by atoms with Crippen molar-refractivity contribution in [3.05, 3.63) is 0 Å². The van der Waals surface area contributed by atoms with Crippen molar-refractivity contribution in [2.45, 2.75) is 43.7 Å². The summed E-state index contributed by atoms with van der Waals surface area (Å²) in [6.45, 7) is 2.26. The van der Waals surface area contributed by atoms with Crippen LogP contribution in [0.4, 0.5) is 0 Å². The van der Waals surface area contributed by atoms with Crippen LogP contribution in [0.25, 0.3) is 0 Å². The summed E-state index contributed by atoms with van der Waals surface area (Å²) in [6.07, 6.45) is 7.15. The molecular formula is C10H18N2. The smallest absolute Gasteiger partial charge is 0.0336 e. The van der Waals surface area contributed by atoms with Crippen molar-refractivity contribution >= 4 is 0 Å². The van der Waals surface area contributed by atoms with E-state index in [9.17, 15) is 0 Å². The molecule has 0 aromatic rings. The second-order valence-corrected chi connectivity index (χ2v) is 4.91. The SMILES string of the molecule is NCC1(N2CC3CCC2C3)CC1. The summed E-state index contributed by atoms with van der Waals surface area (Å²) >= 11 is 0. The third-order valence-corrected chi connectivity index (χ3v) is 4.23. The van der Waals surface area contributed by atoms with Crippen LogP contribution in [0.15, 0.2) is 0 Å². The van der Waals surface area contributed by atoms with E-state index in [1.807, 2.05) is 0 Å². The average Bonchev–Trinajstić information content (AvgIpc) is 2.62. The van der Waals surface area contributed by atoms with Gasteiger partial charge < -0.3 is 5.73 Å². The molecule has 2 bridgehead atoms. The summed E-state index contributed by atoms with van der Waals surface area (Å²) in [6, 6.07) is 0.918. The second kappa shape index (κ2) is 2.24. The molecule has 0 aromatic heterocycles. The predicted molar refractivity (Wildman–Crippen MR) is 48.9 cm³/mol. The Morgan fingerprint density at radius 1 is 1.33 bits per heavy atom. The number of hydrogen-bond acceptors (Lipinski definition) is 2. The lowest BCUT2D eigenvalue weighted by Crippen LogP contribution is -2.47. The van der Waals surface area contributed by atoms with Crippen molar-refractivity contribution in [3.63, 3.8) is 0 Å². The van der Waals surface area contributed by atoms with E-state index in [2.05, 4.69) is 4.90 Å². The van der Waals surface area contributed by atoms with Gasteiger partial charge >= 0.3 is 0 Å². The minimum atomic E-state index is 0.486. The number of rotatable bonds is 2. The Labute approximate surface area is 74.1 Å². The van der Waals surface area contributed by atoms with E-state index in [0.717, 1.165) is 18.5 Å². The Bertz CT molecular complexity index is 198. The van der Waals surface area contributed by atoms with Crippen LogP contribution in [0.5, 0.6) is 0 Å². The standard InChI is InChI=1S/C10H18N2/c11-7-10(3-4-10)12-6-8-1-2-9(12)5-8/h8-9H,1-7,11H2. The second-order valence-electron chi connectivity index (χ2n) is 4.91. The molecule has 0 amide bonds. The molecule has 1 aliphatic heterocycles. The van der Waals surface area contributed by atoms with Gasteiger partial charge in [0.1, 0.15) is 0 Å². The monoisotopic (exact) mass is 166 g/mol. The van der Waals surface area contributed by atoms with Crippen molar-refractivity contribution in [1.29, 1.82) is 0 Å². The van der Waals surface area contributed by atoms with Gasteiger partial charge in [-0.25, -0.2) is 0 Å². The molecule has 2 aliphatic carbocycles. The van der Waals surface area contributed by atoms with Crippen LogP contribution in [0, 0.1) is 5.92 Å². The van der Waals surface area contributed by atoms with E-state index >= 15 is 0 Å². The zero-order valence-corrected chi connectivity index (χ0v) is 7.63. The maximum atomic E-state index is 5.84. The van der Waals surface area contributed by atoms with Crippen LogP contribution in [-0.4, -0.2) is 29.6 Å². The molecule has 2 atom stereocenters. The summed E-state index contributed by atoms with van der Waals surface area (Å²) < 4.78 is 0. The van der Waals surface area contributed by atoms with Gasteiger partial charge in [0, 0.05) is 24.7 Å². The van der Waals surface area contributed by atoms with Gasteiger partial charge in [0.2, 0.25) is 0 Å². The number of nitrogens with zero attached hydrogens (tertiary/aromatic N) is 1. The van der Waals surface area contributed by atoms with E-state index < -0.39 is 0 Å². The van der Waals surface area contributed by atoms with Crippen LogP contribution in [0.3, 0.4) is 0 Å². The Morgan fingerprint density at radius 3 is 2.58 bits per heavy atom. The predicted octanol–water partition coefficient (Wildman–Crippen LogP) is 0.962. The van der Waals surface area contributed by atoms with Crippen LogP contribution in [0.1, 0.15) is 32.1 Å². The maximum absolute atomic E-state index is 5.84. The van der Waals surface area contributed by atoms with Gasteiger partial charge in [-0.1, -0.05) is 0 Å². The molecule has 3 rings (SSSR count). The number of nitrogens with two attached hydrogens (primary N) is 1. The Balaban J connectivity index is 1.78. The Morgan fingerprint density at radius 2 is 2.17 bits per heavy atom. The Hall–Kier alpha value is -0.0800. The lowest BCUT2D eigenvalue weighted by Gasteiger charge is -2.34. The molecule has 0 radical (unpaired) electrons. The van der Waals surface area contributed by atoms with Gasteiger partial charge in [-0.3, -0.25) is 4.90 Å². The zero-order valence-electron chi connectivity index (χ0n) is 7.63. The van der Waals surface area contributed by atoms with E-state index in [0.29, 0.717) is 5.54 Å². The molecule has 2 N–H and O–H groups in total. The molecular weight excluding hydrogens is 148 g/mol. The fourth-order valence-electron chi connectivity index (χ4n) is 3.26. The highest BCUT2D eigenvalue weighted by atomic mass is 15.3. The third kappa shape index (κ3) is 0.826. The van der Waals surface area contributed by atoms with Crippen molar-refractivity contribution in [2.24, 2.45) is 11.7 Å². The molecule has 12 heavy (non-hydrogen) atoms.